The van der Waals surface area contributed by atoms with Gasteiger partial charge in [0.15, 0.2) is 0 Å². The van der Waals surface area contributed by atoms with Crippen LogP contribution < -0.4 is 20.7 Å². The fourth-order valence-electron chi connectivity index (χ4n) is 2.67. The van der Waals surface area contributed by atoms with E-state index in [-0.39, 0.29) is 34.2 Å². The maximum atomic E-state index is 12.6. The maximum Gasteiger partial charge on any atom is 0.417 e. The Morgan fingerprint density at radius 2 is 1.82 bits per heavy atom. The molecular weight excluding hydrogens is 481 g/mol. The lowest BCUT2D eigenvalue weighted by molar-refractivity contribution is -0.137. The summed E-state index contributed by atoms with van der Waals surface area (Å²) in [6.07, 6.45) is -2.72. The number of hydrogen-bond acceptors (Lipinski definition) is 7. The van der Waals surface area contributed by atoms with Gasteiger partial charge in [-0.15, -0.1) is 0 Å². The molecule has 11 nitrogen and oxygen atoms in total. The Labute approximate surface area is 190 Å². The van der Waals surface area contributed by atoms with Crippen LogP contribution in [0.3, 0.4) is 0 Å². The number of nitrogens with zero attached hydrogens (tertiary/aromatic N) is 3. The molecule has 0 aliphatic carbocycles. The van der Waals surface area contributed by atoms with Crippen molar-refractivity contribution in [2.24, 2.45) is 12.2 Å². The number of nitrogens with one attached hydrogen (secondary N) is 2. The maximum absolute atomic E-state index is 12.6. The largest absolute Gasteiger partial charge is 0.471 e. The number of rotatable bonds is 6. The third-order valence-corrected chi connectivity index (χ3v) is 5.35. The van der Waals surface area contributed by atoms with Crippen molar-refractivity contribution in [1.29, 1.82) is 0 Å². The summed E-state index contributed by atoms with van der Waals surface area (Å²) in [6, 6.07) is 6.71. The number of carbonyl (C=O) groups excluding carboxylic acids is 2. The second-order valence-corrected chi connectivity index (χ2v) is 8.34. The van der Waals surface area contributed by atoms with Gasteiger partial charge in [-0.3, -0.25) is 25.1 Å². The first-order valence-electron chi connectivity index (χ1n) is 9.26. The van der Waals surface area contributed by atoms with Gasteiger partial charge in [0.25, 0.3) is 11.8 Å². The minimum absolute atomic E-state index is 0.00741. The number of amides is 2. The zero-order chi connectivity index (χ0) is 25.1. The molecule has 0 bridgehead atoms. The summed E-state index contributed by atoms with van der Waals surface area (Å²) < 4.78 is 67.4. The first kappa shape index (κ1) is 24.7. The minimum Gasteiger partial charge on any atom is -0.471 e. The van der Waals surface area contributed by atoms with Gasteiger partial charge >= 0.3 is 6.18 Å². The number of hydrazine groups is 1. The van der Waals surface area contributed by atoms with Crippen LogP contribution in [0.4, 0.5) is 13.2 Å². The molecule has 2 heterocycles. The highest BCUT2D eigenvalue weighted by atomic mass is 32.2. The van der Waals surface area contributed by atoms with E-state index in [2.05, 4.69) is 20.9 Å². The molecule has 180 valence electrons. The van der Waals surface area contributed by atoms with E-state index in [9.17, 15) is 31.2 Å². The van der Waals surface area contributed by atoms with Crippen LogP contribution in [0.25, 0.3) is 0 Å². The number of pyridine rings is 1. The SMILES string of the molecule is Cn1ncc(C(=O)NNC(=O)c2cccc(S(N)(=O)=O)c2)c1COc1ccc(C(F)(F)F)cn1. The number of ether oxygens (including phenoxy) is 1. The Bertz CT molecular complexity index is 1320. The zero-order valence-corrected chi connectivity index (χ0v) is 18.1. The first-order chi connectivity index (χ1) is 15.9. The summed E-state index contributed by atoms with van der Waals surface area (Å²) in [4.78, 5) is 28.1. The van der Waals surface area contributed by atoms with Crippen molar-refractivity contribution in [3.63, 3.8) is 0 Å². The van der Waals surface area contributed by atoms with Gasteiger partial charge in [-0.05, 0) is 24.3 Å². The van der Waals surface area contributed by atoms with Crippen molar-refractivity contribution in [2.45, 2.75) is 17.7 Å². The molecule has 0 aliphatic rings. The van der Waals surface area contributed by atoms with Crippen LogP contribution in [0.5, 0.6) is 5.88 Å². The van der Waals surface area contributed by atoms with Crippen LogP contribution in [0.1, 0.15) is 32.0 Å². The predicted molar refractivity (Wildman–Crippen MR) is 110 cm³/mol. The van der Waals surface area contributed by atoms with Crippen LogP contribution in [-0.4, -0.2) is 35.0 Å². The van der Waals surface area contributed by atoms with Crippen LogP contribution in [0.15, 0.2) is 53.7 Å². The lowest BCUT2D eigenvalue weighted by Crippen LogP contribution is -2.42. The Hall–Kier alpha value is -3.98. The third kappa shape index (κ3) is 5.87. The third-order valence-electron chi connectivity index (χ3n) is 4.44. The highest BCUT2D eigenvalue weighted by Gasteiger charge is 2.30. The molecule has 3 aromatic rings. The molecule has 3 rings (SSSR count). The monoisotopic (exact) mass is 498 g/mol. The van der Waals surface area contributed by atoms with Crippen molar-refractivity contribution in [3.8, 4) is 5.88 Å². The van der Waals surface area contributed by atoms with Crippen molar-refractivity contribution >= 4 is 21.8 Å². The normalized spacial score (nSPS) is 11.7. The molecule has 2 aromatic heterocycles. The van der Waals surface area contributed by atoms with Crippen molar-refractivity contribution in [1.82, 2.24) is 25.6 Å². The van der Waals surface area contributed by atoms with Gasteiger partial charge in [0, 0.05) is 24.9 Å². The molecule has 0 unspecified atom stereocenters. The Morgan fingerprint density at radius 1 is 1.12 bits per heavy atom. The summed E-state index contributed by atoms with van der Waals surface area (Å²) in [5.41, 5.74) is 3.53. The van der Waals surface area contributed by atoms with Gasteiger partial charge < -0.3 is 4.74 Å². The number of benzene rings is 1. The molecule has 0 aliphatic heterocycles. The van der Waals surface area contributed by atoms with E-state index < -0.39 is 33.6 Å². The molecule has 34 heavy (non-hydrogen) atoms. The molecule has 2 amide bonds. The second-order valence-electron chi connectivity index (χ2n) is 6.78. The molecular formula is C19H17F3N6O5S. The van der Waals surface area contributed by atoms with E-state index in [1.807, 2.05) is 0 Å². The second kappa shape index (κ2) is 9.48. The Morgan fingerprint density at radius 3 is 2.44 bits per heavy atom. The number of hydrogen-bond donors (Lipinski definition) is 3. The zero-order valence-electron chi connectivity index (χ0n) is 17.3. The highest BCUT2D eigenvalue weighted by Crippen LogP contribution is 2.29. The van der Waals surface area contributed by atoms with Gasteiger partial charge in [0.05, 0.1) is 27.9 Å². The number of aromatic nitrogens is 3. The molecule has 15 heteroatoms. The van der Waals surface area contributed by atoms with E-state index >= 15 is 0 Å². The summed E-state index contributed by atoms with van der Waals surface area (Å²) in [5, 5.41) is 8.97. The van der Waals surface area contributed by atoms with Crippen LogP contribution in [-0.2, 0) is 29.9 Å². The molecule has 1 aromatic carbocycles. The fraction of sp³-hybridized carbons (Fsp3) is 0.158. The highest BCUT2D eigenvalue weighted by molar-refractivity contribution is 7.89. The predicted octanol–water partition coefficient (Wildman–Crippen LogP) is 1.14. The number of halogens is 3. The van der Waals surface area contributed by atoms with Gasteiger partial charge in [-0.25, -0.2) is 18.5 Å². The fourth-order valence-corrected chi connectivity index (χ4v) is 3.23. The summed E-state index contributed by atoms with van der Waals surface area (Å²) in [7, 11) is -2.52. The van der Waals surface area contributed by atoms with Crippen LogP contribution >= 0.6 is 0 Å². The molecule has 0 saturated heterocycles. The summed E-state index contributed by atoms with van der Waals surface area (Å²) in [5.74, 6) is -1.69. The molecule has 0 spiro atoms. The van der Waals surface area contributed by atoms with Gasteiger partial charge in [0.1, 0.15) is 6.61 Å². The number of nitrogens with two attached hydrogens (primary N) is 1. The molecule has 0 atom stereocenters. The van der Waals surface area contributed by atoms with E-state index in [4.69, 9.17) is 9.88 Å². The lowest BCUT2D eigenvalue weighted by atomic mass is 10.2. The van der Waals surface area contributed by atoms with Crippen LogP contribution in [0.2, 0.25) is 0 Å². The van der Waals surface area contributed by atoms with E-state index in [1.54, 1.807) is 0 Å². The van der Waals surface area contributed by atoms with E-state index in [1.165, 1.54) is 36.1 Å². The topological polar surface area (TPSA) is 158 Å². The average Bonchev–Trinajstić information content (AvgIpc) is 3.15. The summed E-state index contributed by atoms with van der Waals surface area (Å²) >= 11 is 0. The standard InChI is InChI=1S/C19H17F3N6O5S/c1-28-15(10-33-16-6-5-12(8-24-16)19(20,21)22)14(9-25-28)18(30)27-26-17(29)11-3-2-4-13(7-11)34(23,31)32/h2-9H,10H2,1H3,(H,26,29)(H,27,30)(H2,23,31,32). The average molecular weight is 498 g/mol. The number of sulfonamides is 1. The minimum atomic E-state index is -4.54. The summed E-state index contributed by atoms with van der Waals surface area (Å²) in [6.45, 7) is -0.262. The quantitative estimate of drug-likeness (QED) is 0.430. The number of carbonyl (C=O) groups is 2. The van der Waals surface area contributed by atoms with Crippen molar-refractivity contribution < 1.29 is 35.9 Å². The molecule has 0 fully saturated rings. The lowest BCUT2D eigenvalue weighted by Gasteiger charge is -2.11. The molecule has 4 N–H and O–H groups in total. The van der Waals surface area contributed by atoms with Crippen molar-refractivity contribution in [2.75, 3.05) is 0 Å². The number of primary sulfonamides is 1. The Balaban J connectivity index is 1.65. The van der Waals surface area contributed by atoms with Gasteiger partial charge in [0.2, 0.25) is 15.9 Å². The number of alkyl halides is 3. The molecule has 0 radical (unpaired) electrons. The number of aryl methyl sites for hydroxylation is 1. The van der Waals surface area contributed by atoms with Gasteiger partial charge in [-0.2, -0.15) is 18.3 Å². The van der Waals surface area contributed by atoms with E-state index in [0.29, 0.717) is 6.20 Å². The van der Waals surface area contributed by atoms with E-state index in [0.717, 1.165) is 18.2 Å². The Kier molecular flexibility index (Phi) is 6.88. The molecule has 0 saturated carbocycles. The van der Waals surface area contributed by atoms with Gasteiger partial charge in [-0.1, -0.05) is 6.07 Å². The smallest absolute Gasteiger partial charge is 0.417 e. The van der Waals surface area contributed by atoms with Crippen molar-refractivity contribution in [3.05, 3.63) is 71.2 Å². The van der Waals surface area contributed by atoms with Crippen LogP contribution in [0, 0.1) is 0 Å². The first-order valence-corrected chi connectivity index (χ1v) is 10.8.